The summed E-state index contributed by atoms with van der Waals surface area (Å²) in [5, 5.41) is 0. The van der Waals surface area contributed by atoms with Crippen LogP contribution in [0.1, 0.15) is 11.1 Å². The van der Waals surface area contributed by atoms with Crippen LogP contribution >= 0.6 is 0 Å². The van der Waals surface area contributed by atoms with E-state index in [-0.39, 0.29) is 5.82 Å². The van der Waals surface area contributed by atoms with Crippen LogP contribution in [0.5, 0.6) is 0 Å². The van der Waals surface area contributed by atoms with E-state index < -0.39 is 0 Å². The summed E-state index contributed by atoms with van der Waals surface area (Å²) < 4.78 is 13.2. The molecule has 1 heterocycles. The highest BCUT2D eigenvalue weighted by molar-refractivity contribution is 5.70. The zero-order valence-electron chi connectivity index (χ0n) is 9.78. The van der Waals surface area contributed by atoms with Crippen molar-refractivity contribution < 1.29 is 4.39 Å². The van der Waals surface area contributed by atoms with E-state index in [4.69, 9.17) is 0 Å². The monoisotopic (exact) mass is 227 g/mol. The number of rotatable bonds is 1. The Labute approximate surface area is 101 Å². The van der Waals surface area contributed by atoms with Crippen LogP contribution in [0.25, 0.3) is 0 Å². The number of fused-ring (bicyclic) bond motifs is 1. The van der Waals surface area contributed by atoms with Crippen molar-refractivity contribution in [1.82, 2.24) is 0 Å². The van der Waals surface area contributed by atoms with Crippen LogP contribution < -0.4 is 4.90 Å². The van der Waals surface area contributed by atoms with Gasteiger partial charge in [-0.05, 0) is 43.2 Å². The van der Waals surface area contributed by atoms with Crippen LogP contribution in [-0.4, -0.2) is 6.54 Å². The van der Waals surface area contributed by atoms with Crippen molar-refractivity contribution in [1.29, 1.82) is 0 Å². The molecule has 0 radical (unpaired) electrons. The fourth-order valence-electron chi connectivity index (χ4n) is 2.44. The Morgan fingerprint density at radius 2 is 2.00 bits per heavy atom. The van der Waals surface area contributed by atoms with Crippen molar-refractivity contribution in [2.45, 2.75) is 13.3 Å². The third-order valence-corrected chi connectivity index (χ3v) is 3.25. The van der Waals surface area contributed by atoms with Crippen LogP contribution in [-0.2, 0) is 6.42 Å². The number of benzene rings is 2. The first-order valence-corrected chi connectivity index (χ1v) is 5.87. The molecule has 0 N–H and O–H groups in total. The summed E-state index contributed by atoms with van der Waals surface area (Å²) in [5.41, 5.74) is 4.79. The zero-order valence-corrected chi connectivity index (χ0v) is 9.78. The fourth-order valence-corrected chi connectivity index (χ4v) is 2.44. The van der Waals surface area contributed by atoms with Gasteiger partial charge in [-0.1, -0.05) is 23.8 Å². The molecule has 0 amide bonds. The lowest BCUT2D eigenvalue weighted by Crippen LogP contribution is -2.13. The SMILES string of the molecule is Cc1ccc2c(c1)CCN2c1cccc(F)c1. The van der Waals surface area contributed by atoms with E-state index in [1.807, 2.05) is 6.07 Å². The van der Waals surface area contributed by atoms with Crippen LogP contribution in [0, 0.1) is 12.7 Å². The van der Waals surface area contributed by atoms with Crippen LogP contribution in [0.2, 0.25) is 0 Å². The van der Waals surface area contributed by atoms with Gasteiger partial charge in [-0.2, -0.15) is 0 Å². The van der Waals surface area contributed by atoms with Gasteiger partial charge < -0.3 is 4.90 Å². The van der Waals surface area contributed by atoms with Gasteiger partial charge in [-0.25, -0.2) is 4.39 Å². The summed E-state index contributed by atoms with van der Waals surface area (Å²) in [6.45, 7) is 3.04. The van der Waals surface area contributed by atoms with Crippen molar-refractivity contribution in [3.05, 3.63) is 59.4 Å². The quantitative estimate of drug-likeness (QED) is 0.715. The minimum atomic E-state index is -0.178. The maximum absolute atomic E-state index is 13.2. The molecule has 0 saturated heterocycles. The summed E-state index contributed by atoms with van der Waals surface area (Å²) >= 11 is 0. The average Bonchev–Trinajstić information content (AvgIpc) is 2.71. The predicted octanol–water partition coefficient (Wildman–Crippen LogP) is 3.83. The van der Waals surface area contributed by atoms with Crippen LogP contribution in [0.15, 0.2) is 42.5 Å². The molecule has 86 valence electrons. The lowest BCUT2D eigenvalue weighted by Gasteiger charge is -2.19. The molecule has 1 aliphatic rings. The van der Waals surface area contributed by atoms with E-state index in [9.17, 15) is 4.39 Å². The Morgan fingerprint density at radius 3 is 2.82 bits per heavy atom. The molecule has 0 bridgehead atoms. The van der Waals surface area contributed by atoms with Gasteiger partial charge in [0, 0.05) is 17.9 Å². The van der Waals surface area contributed by atoms with E-state index in [2.05, 4.69) is 30.0 Å². The first kappa shape index (κ1) is 10.3. The smallest absolute Gasteiger partial charge is 0.125 e. The second-order valence-corrected chi connectivity index (χ2v) is 4.51. The van der Waals surface area contributed by atoms with E-state index >= 15 is 0 Å². The van der Waals surface area contributed by atoms with E-state index in [1.165, 1.54) is 22.9 Å². The third kappa shape index (κ3) is 1.80. The Balaban J connectivity index is 2.04. The first-order chi connectivity index (χ1) is 8.24. The van der Waals surface area contributed by atoms with Gasteiger partial charge in [0.1, 0.15) is 5.82 Å². The van der Waals surface area contributed by atoms with Crippen molar-refractivity contribution in [3.8, 4) is 0 Å². The molecule has 0 unspecified atom stereocenters. The molecule has 0 aliphatic carbocycles. The van der Waals surface area contributed by atoms with Crippen molar-refractivity contribution >= 4 is 11.4 Å². The van der Waals surface area contributed by atoms with E-state index in [0.29, 0.717) is 0 Å². The number of nitrogens with zero attached hydrogens (tertiary/aromatic N) is 1. The molecular weight excluding hydrogens is 213 g/mol. The number of aryl methyl sites for hydroxylation is 1. The summed E-state index contributed by atoms with van der Waals surface area (Å²) in [6.07, 6.45) is 1.04. The number of halogens is 1. The molecule has 0 spiro atoms. The number of hydrogen-bond acceptors (Lipinski definition) is 1. The second-order valence-electron chi connectivity index (χ2n) is 4.51. The minimum Gasteiger partial charge on any atom is -0.341 e. The first-order valence-electron chi connectivity index (χ1n) is 5.87. The molecule has 1 aliphatic heterocycles. The fraction of sp³-hybridized carbons (Fsp3) is 0.200. The summed E-state index contributed by atoms with van der Waals surface area (Å²) in [7, 11) is 0. The highest BCUT2D eigenvalue weighted by Gasteiger charge is 2.20. The average molecular weight is 227 g/mol. The molecule has 17 heavy (non-hydrogen) atoms. The maximum Gasteiger partial charge on any atom is 0.125 e. The summed E-state index contributed by atoms with van der Waals surface area (Å²) in [6, 6.07) is 13.2. The second kappa shape index (κ2) is 3.88. The van der Waals surface area contributed by atoms with Gasteiger partial charge in [-0.15, -0.1) is 0 Å². The van der Waals surface area contributed by atoms with E-state index in [0.717, 1.165) is 18.7 Å². The maximum atomic E-state index is 13.2. The predicted molar refractivity (Wildman–Crippen MR) is 68.3 cm³/mol. The topological polar surface area (TPSA) is 3.24 Å². The zero-order chi connectivity index (χ0) is 11.8. The Hall–Kier alpha value is -1.83. The lowest BCUT2D eigenvalue weighted by molar-refractivity contribution is 0.627. The third-order valence-electron chi connectivity index (χ3n) is 3.25. The molecular formula is C15H14FN. The number of hydrogen-bond donors (Lipinski definition) is 0. The van der Waals surface area contributed by atoms with Gasteiger partial charge in [0.25, 0.3) is 0 Å². The highest BCUT2D eigenvalue weighted by Crippen LogP contribution is 2.34. The van der Waals surface area contributed by atoms with Crippen molar-refractivity contribution in [2.75, 3.05) is 11.4 Å². The molecule has 2 aromatic carbocycles. The summed E-state index contributed by atoms with van der Waals surface area (Å²) in [5.74, 6) is -0.178. The molecule has 3 rings (SSSR count). The molecule has 2 heteroatoms. The van der Waals surface area contributed by atoms with Crippen molar-refractivity contribution in [3.63, 3.8) is 0 Å². The largest absolute Gasteiger partial charge is 0.341 e. The van der Waals surface area contributed by atoms with Gasteiger partial charge in [-0.3, -0.25) is 0 Å². The van der Waals surface area contributed by atoms with Gasteiger partial charge >= 0.3 is 0 Å². The molecule has 0 saturated carbocycles. The van der Waals surface area contributed by atoms with Gasteiger partial charge in [0.05, 0.1) is 0 Å². The Morgan fingerprint density at radius 1 is 1.12 bits per heavy atom. The normalized spacial score (nSPS) is 13.9. The standard InChI is InChI=1S/C15H14FN/c1-11-5-6-15-12(9-11)7-8-17(15)14-4-2-3-13(16)10-14/h2-6,9-10H,7-8H2,1H3. The summed E-state index contributed by atoms with van der Waals surface area (Å²) in [4.78, 5) is 2.18. The van der Waals surface area contributed by atoms with Gasteiger partial charge in [0.15, 0.2) is 0 Å². The Bertz CT molecular complexity index is 563. The minimum absolute atomic E-state index is 0.178. The number of anilines is 2. The van der Waals surface area contributed by atoms with Gasteiger partial charge in [0.2, 0.25) is 0 Å². The van der Waals surface area contributed by atoms with Crippen molar-refractivity contribution in [2.24, 2.45) is 0 Å². The van der Waals surface area contributed by atoms with Crippen LogP contribution in [0.4, 0.5) is 15.8 Å². The molecule has 0 fully saturated rings. The molecule has 0 aromatic heterocycles. The molecule has 0 atom stereocenters. The lowest BCUT2D eigenvalue weighted by atomic mass is 10.1. The van der Waals surface area contributed by atoms with Crippen LogP contribution in [0.3, 0.4) is 0 Å². The highest BCUT2D eigenvalue weighted by atomic mass is 19.1. The molecule has 1 nitrogen and oxygen atoms in total. The molecule has 2 aromatic rings. The van der Waals surface area contributed by atoms with E-state index in [1.54, 1.807) is 12.1 Å². The Kier molecular flexibility index (Phi) is 2.36.